The summed E-state index contributed by atoms with van der Waals surface area (Å²) in [5.41, 5.74) is 3.44. The van der Waals surface area contributed by atoms with E-state index in [1.807, 2.05) is 0 Å². The van der Waals surface area contributed by atoms with Crippen LogP contribution in [-0.4, -0.2) is 25.2 Å². The molecule has 2 aliphatic carbocycles. The summed E-state index contributed by atoms with van der Waals surface area (Å²) in [6, 6.07) is 9.74. The molecule has 0 radical (unpaired) electrons. The number of anilines is 1. The second kappa shape index (κ2) is 5.35. The van der Waals surface area contributed by atoms with Crippen LogP contribution in [0.5, 0.6) is 0 Å². The van der Waals surface area contributed by atoms with Crippen LogP contribution in [0, 0.1) is 31.1 Å². The second-order valence-corrected chi connectivity index (χ2v) is 6.92. The molecule has 21 heavy (non-hydrogen) atoms. The van der Waals surface area contributed by atoms with Gasteiger partial charge in [0.15, 0.2) is 0 Å². The van der Waals surface area contributed by atoms with E-state index in [9.17, 15) is 5.26 Å². The quantitative estimate of drug-likeness (QED) is 0.871. The number of aryl methyl sites for hydroxylation is 2. The van der Waals surface area contributed by atoms with Crippen LogP contribution in [0.15, 0.2) is 18.2 Å². The lowest BCUT2D eigenvalue weighted by Gasteiger charge is -2.34. The minimum absolute atomic E-state index is 0.368. The lowest BCUT2D eigenvalue weighted by Crippen LogP contribution is -2.54. The third-order valence-corrected chi connectivity index (χ3v) is 4.76. The Morgan fingerprint density at radius 3 is 2.52 bits per heavy atom. The monoisotopic (exact) mass is 283 g/mol. The third kappa shape index (κ3) is 3.06. The van der Waals surface area contributed by atoms with Gasteiger partial charge in [-0.2, -0.15) is 5.26 Å². The van der Waals surface area contributed by atoms with Crippen molar-refractivity contribution in [2.45, 2.75) is 51.1 Å². The smallest absolute Gasteiger partial charge is 0.127 e. The second-order valence-electron chi connectivity index (χ2n) is 6.92. The van der Waals surface area contributed by atoms with Gasteiger partial charge < -0.3 is 4.90 Å². The molecule has 3 nitrogen and oxygen atoms in total. The zero-order chi connectivity index (χ0) is 15.0. The summed E-state index contributed by atoms with van der Waals surface area (Å²) >= 11 is 0. The molecule has 0 bridgehead atoms. The van der Waals surface area contributed by atoms with Crippen molar-refractivity contribution in [2.75, 3.05) is 18.5 Å². The molecule has 1 aromatic rings. The Hall–Kier alpha value is -1.53. The first-order valence-corrected chi connectivity index (χ1v) is 8.01. The Balaban J connectivity index is 1.79. The Bertz CT molecular complexity index is 566. The van der Waals surface area contributed by atoms with E-state index in [4.69, 9.17) is 0 Å². The van der Waals surface area contributed by atoms with Crippen LogP contribution in [0.2, 0.25) is 0 Å². The Morgan fingerprint density at radius 1 is 1.29 bits per heavy atom. The highest BCUT2D eigenvalue weighted by Crippen LogP contribution is 2.42. The fourth-order valence-electron chi connectivity index (χ4n) is 3.31. The molecule has 0 amide bonds. The highest BCUT2D eigenvalue weighted by atomic mass is 15.2. The number of hydrogen-bond donors (Lipinski definition) is 1. The average molecular weight is 283 g/mol. The van der Waals surface area contributed by atoms with Crippen LogP contribution in [-0.2, 0) is 0 Å². The van der Waals surface area contributed by atoms with Gasteiger partial charge in [-0.15, -0.1) is 0 Å². The van der Waals surface area contributed by atoms with Gasteiger partial charge in [0.1, 0.15) is 5.54 Å². The van der Waals surface area contributed by atoms with Crippen molar-refractivity contribution in [1.29, 1.82) is 5.26 Å². The van der Waals surface area contributed by atoms with Gasteiger partial charge in [0, 0.05) is 25.3 Å². The van der Waals surface area contributed by atoms with Gasteiger partial charge in [-0.3, -0.25) is 5.32 Å². The topological polar surface area (TPSA) is 39.1 Å². The van der Waals surface area contributed by atoms with E-state index in [-0.39, 0.29) is 5.54 Å². The van der Waals surface area contributed by atoms with Gasteiger partial charge in [-0.05, 0) is 57.1 Å². The molecule has 1 aromatic carbocycles. The number of benzene rings is 1. The number of likely N-dealkylation sites (N-methyl/N-ethyl adjacent to an activating group) is 1. The molecule has 0 aliphatic heterocycles. The Kier molecular flexibility index (Phi) is 3.67. The number of nitrogens with one attached hydrogen (secondary N) is 1. The molecule has 0 aromatic heterocycles. The number of hydrogen-bond acceptors (Lipinski definition) is 3. The largest absolute Gasteiger partial charge is 0.371 e. The van der Waals surface area contributed by atoms with Gasteiger partial charge in [-0.25, -0.2) is 0 Å². The van der Waals surface area contributed by atoms with Crippen LogP contribution < -0.4 is 10.2 Å². The highest BCUT2D eigenvalue weighted by Gasteiger charge is 2.48. The molecule has 1 N–H and O–H groups in total. The van der Waals surface area contributed by atoms with Crippen molar-refractivity contribution in [3.8, 4) is 6.07 Å². The molecule has 0 spiro atoms. The molecule has 3 heteroatoms. The van der Waals surface area contributed by atoms with Gasteiger partial charge in [0.2, 0.25) is 0 Å². The van der Waals surface area contributed by atoms with Gasteiger partial charge >= 0.3 is 0 Å². The predicted octanol–water partition coefficient (Wildman–Crippen LogP) is 3.16. The lowest BCUT2D eigenvalue weighted by atomic mass is 9.93. The maximum absolute atomic E-state index is 9.83. The van der Waals surface area contributed by atoms with Crippen molar-refractivity contribution in [3.05, 3.63) is 29.3 Å². The summed E-state index contributed by atoms with van der Waals surface area (Å²) in [5, 5.41) is 13.5. The van der Waals surface area contributed by atoms with Crippen LogP contribution in [0.3, 0.4) is 0 Å². The highest BCUT2D eigenvalue weighted by molar-refractivity contribution is 5.54. The fraction of sp³-hybridized carbons (Fsp3) is 0.611. The van der Waals surface area contributed by atoms with Crippen LogP contribution in [0.25, 0.3) is 0 Å². The SMILES string of the molecule is Cc1ccc(N(C)CC(C#N)(NC2CC2)C2CC2)c(C)c1. The summed E-state index contributed by atoms with van der Waals surface area (Å²) in [4.78, 5) is 2.26. The third-order valence-electron chi connectivity index (χ3n) is 4.76. The first-order valence-electron chi connectivity index (χ1n) is 8.01. The molecule has 0 heterocycles. The van der Waals surface area contributed by atoms with E-state index in [0.717, 1.165) is 6.54 Å². The molecule has 2 aliphatic rings. The first kappa shape index (κ1) is 14.4. The van der Waals surface area contributed by atoms with Crippen LogP contribution >= 0.6 is 0 Å². The van der Waals surface area contributed by atoms with Crippen molar-refractivity contribution in [2.24, 2.45) is 5.92 Å². The molecule has 1 atom stereocenters. The van der Waals surface area contributed by atoms with E-state index < -0.39 is 0 Å². The summed E-state index contributed by atoms with van der Waals surface area (Å²) < 4.78 is 0. The molecule has 112 valence electrons. The minimum atomic E-state index is -0.368. The van der Waals surface area contributed by atoms with Gasteiger partial charge in [0.25, 0.3) is 0 Å². The minimum Gasteiger partial charge on any atom is -0.371 e. The lowest BCUT2D eigenvalue weighted by molar-refractivity contribution is 0.365. The normalized spacial score (nSPS) is 20.7. The van der Waals surface area contributed by atoms with Crippen molar-refractivity contribution >= 4 is 5.69 Å². The van der Waals surface area contributed by atoms with E-state index in [0.29, 0.717) is 12.0 Å². The fourth-order valence-corrected chi connectivity index (χ4v) is 3.31. The van der Waals surface area contributed by atoms with Crippen LogP contribution in [0.4, 0.5) is 5.69 Å². The van der Waals surface area contributed by atoms with E-state index >= 15 is 0 Å². The summed E-state index contributed by atoms with van der Waals surface area (Å²) in [7, 11) is 2.11. The standard InChI is InChI=1S/C18H25N3/c1-13-4-9-17(14(2)10-13)21(3)12-18(11-19,15-5-6-15)20-16-7-8-16/h4,9-10,15-16,20H,5-8,12H2,1-3H3. The van der Waals surface area contributed by atoms with E-state index in [1.54, 1.807) is 0 Å². The predicted molar refractivity (Wildman–Crippen MR) is 86.4 cm³/mol. The molecule has 2 saturated carbocycles. The maximum Gasteiger partial charge on any atom is 0.127 e. The molecule has 3 rings (SSSR count). The molecule has 2 fully saturated rings. The molecule has 1 unspecified atom stereocenters. The molecule has 0 saturated heterocycles. The number of nitriles is 1. The summed E-state index contributed by atoms with van der Waals surface area (Å²) in [6.45, 7) is 5.04. The van der Waals surface area contributed by atoms with E-state index in [1.165, 1.54) is 42.5 Å². The zero-order valence-electron chi connectivity index (χ0n) is 13.3. The number of nitrogens with zero attached hydrogens (tertiary/aromatic N) is 2. The van der Waals surface area contributed by atoms with Crippen LogP contribution in [0.1, 0.15) is 36.8 Å². The Morgan fingerprint density at radius 2 is 2.00 bits per heavy atom. The molecular formula is C18H25N3. The zero-order valence-corrected chi connectivity index (χ0v) is 13.3. The van der Waals surface area contributed by atoms with Gasteiger partial charge in [0.05, 0.1) is 6.07 Å². The van der Waals surface area contributed by atoms with Crippen molar-refractivity contribution in [1.82, 2.24) is 5.32 Å². The van der Waals surface area contributed by atoms with Crippen molar-refractivity contribution < 1.29 is 0 Å². The van der Waals surface area contributed by atoms with Gasteiger partial charge in [-0.1, -0.05) is 17.7 Å². The Labute approximate surface area is 128 Å². The summed E-state index contributed by atoms with van der Waals surface area (Å²) in [6.07, 6.45) is 4.83. The molecular weight excluding hydrogens is 258 g/mol. The summed E-state index contributed by atoms with van der Waals surface area (Å²) in [5.74, 6) is 0.524. The average Bonchev–Trinajstić information content (AvgIpc) is 3.30. The maximum atomic E-state index is 9.83. The van der Waals surface area contributed by atoms with E-state index in [2.05, 4.69) is 55.4 Å². The first-order chi connectivity index (χ1) is 10.0. The van der Waals surface area contributed by atoms with Crippen molar-refractivity contribution in [3.63, 3.8) is 0 Å². The number of rotatable bonds is 6.